The normalized spacial score (nSPS) is 10.7. The molecule has 0 radical (unpaired) electrons. The zero-order valence-corrected chi connectivity index (χ0v) is 19.3. The van der Waals surface area contributed by atoms with Gasteiger partial charge in [0.1, 0.15) is 21.9 Å². The molecule has 0 unspecified atom stereocenters. The predicted octanol–water partition coefficient (Wildman–Crippen LogP) is 6.95. The number of hydrogen-bond acceptors (Lipinski definition) is 9. The van der Waals surface area contributed by atoms with E-state index in [-0.39, 0.29) is 38.5 Å². The van der Waals surface area contributed by atoms with Crippen molar-refractivity contribution in [2.45, 2.75) is 101 Å². The molecular formula is C21H42N6OS2. The van der Waals surface area contributed by atoms with Gasteiger partial charge in [0.05, 0.1) is 0 Å². The van der Waals surface area contributed by atoms with Gasteiger partial charge in [-0.1, -0.05) is 84.6 Å². The molecule has 0 spiro atoms. The molecule has 0 aliphatic heterocycles. The minimum Gasteiger partial charge on any atom is -0.427 e. The van der Waals surface area contributed by atoms with Crippen LogP contribution in [0.25, 0.3) is 0 Å². The van der Waals surface area contributed by atoms with Crippen molar-refractivity contribution in [1.29, 1.82) is 0 Å². The fourth-order valence-electron chi connectivity index (χ4n) is 1.50. The summed E-state index contributed by atoms with van der Waals surface area (Å²) in [6, 6.07) is 0. The highest BCUT2D eigenvalue weighted by atomic mass is 32.1. The van der Waals surface area contributed by atoms with E-state index in [0.717, 1.165) is 10.0 Å². The summed E-state index contributed by atoms with van der Waals surface area (Å²) in [4.78, 5) is 4.09. The Morgan fingerprint density at radius 1 is 0.733 bits per heavy atom. The molecule has 7 nitrogen and oxygen atoms in total. The van der Waals surface area contributed by atoms with Crippen LogP contribution in [0.2, 0.25) is 0 Å². The van der Waals surface area contributed by atoms with Crippen molar-refractivity contribution in [3.63, 3.8) is 0 Å². The van der Waals surface area contributed by atoms with Crippen LogP contribution in [0.1, 0.15) is 100 Å². The van der Waals surface area contributed by atoms with Gasteiger partial charge in [-0.25, -0.2) is 4.98 Å². The van der Waals surface area contributed by atoms with Crippen molar-refractivity contribution in [3.8, 4) is 0 Å². The molecule has 0 aliphatic rings. The summed E-state index contributed by atoms with van der Waals surface area (Å²) in [5, 5.41) is 17.3. The summed E-state index contributed by atoms with van der Waals surface area (Å²) >= 11 is 3.08. The third-order valence-electron chi connectivity index (χ3n) is 3.01. The Kier molecular flexibility index (Phi) is 14.9. The van der Waals surface area contributed by atoms with Gasteiger partial charge in [-0.05, 0) is 11.5 Å². The van der Waals surface area contributed by atoms with Crippen molar-refractivity contribution in [1.82, 2.24) is 29.8 Å². The van der Waals surface area contributed by atoms with Gasteiger partial charge in [-0.3, -0.25) is 0 Å². The van der Waals surface area contributed by atoms with Gasteiger partial charge in [-0.15, -0.1) is 31.7 Å². The minimum absolute atomic E-state index is 0. The van der Waals surface area contributed by atoms with Crippen molar-refractivity contribution in [2.24, 2.45) is 0 Å². The summed E-state index contributed by atoms with van der Waals surface area (Å²) in [6.07, 6.45) is 2.95. The largest absolute Gasteiger partial charge is 0.427 e. The number of hydrogen-bond donors (Lipinski definition) is 0. The Labute approximate surface area is 192 Å². The summed E-state index contributed by atoms with van der Waals surface area (Å²) in [5.41, 5.74) is 2.08. The topological polar surface area (TPSA) is 90.5 Å². The van der Waals surface area contributed by atoms with Crippen molar-refractivity contribution in [3.05, 3.63) is 34.1 Å². The van der Waals surface area contributed by atoms with Gasteiger partial charge in [-0.2, -0.15) is 4.37 Å². The summed E-state index contributed by atoms with van der Waals surface area (Å²) < 4.78 is 8.89. The lowest BCUT2D eigenvalue weighted by molar-refractivity contribution is 0.392. The maximum atomic E-state index is 4.98. The third kappa shape index (κ3) is 12.1. The lowest BCUT2D eigenvalue weighted by Crippen LogP contribution is -2.11. The molecule has 0 amide bonds. The highest BCUT2D eigenvalue weighted by molar-refractivity contribution is 7.09. The van der Waals surface area contributed by atoms with Gasteiger partial charge in [0.25, 0.3) is 0 Å². The minimum atomic E-state index is -0.0174. The monoisotopic (exact) mass is 458 g/mol. The van der Waals surface area contributed by atoms with Crippen molar-refractivity contribution < 1.29 is 4.42 Å². The van der Waals surface area contributed by atoms with Crippen LogP contribution in [-0.2, 0) is 16.2 Å². The molecule has 0 N–H and O–H groups in total. The maximum Gasteiger partial charge on any atom is 0.221 e. The summed E-state index contributed by atoms with van der Waals surface area (Å²) in [7, 11) is 0. The lowest BCUT2D eigenvalue weighted by Gasteiger charge is -2.11. The zero-order valence-electron chi connectivity index (χ0n) is 17.6. The Morgan fingerprint density at radius 2 is 1.30 bits per heavy atom. The quantitative estimate of drug-likeness (QED) is 0.360. The molecule has 0 bridgehead atoms. The van der Waals surface area contributed by atoms with Crippen LogP contribution in [0.3, 0.4) is 0 Å². The van der Waals surface area contributed by atoms with Crippen LogP contribution in [0, 0.1) is 0 Å². The van der Waals surface area contributed by atoms with E-state index in [1.165, 1.54) is 17.9 Å². The van der Waals surface area contributed by atoms with Crippen LogP contribution in [0.15, 0.2) is 22.6 Å². The SMILES string of the molecule is C.C.C.CC(C)(C)c1ncns1.CC(C)(C)c1nnco1.CC(C)(C)c1nncs1. The first-order chi connectivity index (χ1) is 12.3. The lowest BCUT2D eigenvalue weighted by atomic mass is 9.97. The smallest absolute Gasteiger partial charge is 0.221 e. The highest BCUT2D eigenvalue weighted by Gasteiger charge is 2.19. The molecule has 3 aromatic heterocycles. The third-order valence-corrected chi connectivity index (χ3v) is 5.21. The second kappa shape index (κ2) is 13.5. The molecule has 0 saturated carbocycles. The predicted molar refractivity (Wildman–Crippen MR) is 130 cm³/mol. The van der Waals surface area contributed by atoms with Crippen LogP contribution in [0.5, 0.6) is 0 Å². The second-order valence-electron chi connectivity index (χ2n) is 8.98. The Bertz CT molecular complexity index is 630. The van der Waals surface area contributed by atoms with Gasteiger partial charge in [0.15, 0.2) is 0 Å². The average Bonchev–Trinajstić information content (AvgIpc) is 3.28. The Morgan fingerprint density at radius 3 is 1.50 bits per heavy atom. The van der Waals surface area contributed by atoms with Crippen LogP contribution in [-0.4, -0.2) is 29.8 Å². The molecule has 3 aromatic rings. The second-order valence-corrected chi connectivity index (χ2v) is 10.6. The van der Waals surface area contributed by atoms with Gasteiger partial charge in [0.2, 0.25) is 12.3 Å². The van der Waals surface area contributed by atoms with Gasteiger partial charge < -0.3 is 4.42 Å². The Hall–Kier alpha value is -1.74. The van der Waals surface area contributed by atoms with Crippen molar-refractivity contribution >= 4 is 22.9 Å². The molecule has 30 heavy (non-hydrogen) atoms. The highest BCUT2D eigenvalue weighted by Crippen LogP contribution is 2.22. The fourth-order valence-corrected chi connectivity index (χ4v) is 2.71. The van der Waals surface area contributed by atoms with Crippen LogP contribution < -0.4 is 0 Å². The van der Waals surface area contributed by atoms with E-state index in [4.69, 9.17) is 4.42 Å². The van der Waals surface area contributed by atoms with Gasteiger partial charge in [0, 0.05) is 16.2 Å². The van der Waals surface area contributed by atoms with Crippen LogP contribution >= 0.6 is 22.9 Å². The standard InChI is InChI=1S/C6H10N2O.2C6H10N2S.3CH4/c2*1-6(2,3)5-8-7-4-9-5;1-6(2,3)5-7-4-8-9-5;;;/h3*4H,1-3H3;3*1H4. The first kappa shape index (κ1) is 32.9. The van der Waals surface area contributed by atoms with Gasteiger partial charge >= 0.3 is 0 Å². The van der Waals surface area contributed by atoms with E-state index >= 15 is 0 Å². The van der Waals surface area contributed by atoms with Crippen molar-refractivity contribution in [2.75, 3.05) is 0 Å². The molecule has 0 aromatic carbocycles. The number of nitrogens with zero attached hydrogens (tertiary/aromatic N) is 6. The zero-order chi connectivity index (χ0) is 20.7. The summed E-state index contributed by atoms with van der Waals surface area (Å²) in [6.45, 7) is 18.9. The van der Waals surface area contributed by atoms with E-state index in [1.54, 1.807) is 23.2 Å². The van der Waals surface area contributed by atoms with E-state index in [2.05, 4.69) is 71.3 Å². The average molecular weight is 459 g/mol. The number of rotatable bonds is 0. The first-order valence-electron chi connectivity index (χ1n) is 8.62. The first-order valence-corrected chi connectivity index (χ1v) is 10.3. The molecule has 0 aliphatic carbocycles. The maximum absolute atomic E-state index is 4.98. The molecule has 174 valence electrons. The van der Waals surface area contributed by atoms with E-state index in [9.17, 15) is 0 Å². The van der Waals surface area contributed by atoms with Crippen LogP contribution in [0.4, 0.5) is 0 Å². The molecule has 3 heterocycles. The van der Waals surface area contributed by atoms with E-state index < -0.39 is 0 Å². The fraction of sp³-hybridized carbons (Fsp3) is 0.714. The number of aromatic nitrogens is 6. The molecule has 9 heteroatoms. The Balaban J connectivity index is -0.000000347. The summed E-state index contributed by atoms with van der Waals surface area (Å²) in [5.74, 6) is 0.683. The van der Waals surface area contributed by atoms with E-state index in [0.29, 0.717) is 5.89 Å². The van der Waals surface area contributed by atoms with E-state index in [1.807, 2.05) is 20.8 Å². The molecule has 0 saturated heterocycles. The molecule has 0 fully saturated rings. The molecule has 3 rings (SSSR count). The molecule has 0 atom stereocenters. The molecular weight excluding hydrogens is 416 g/mol.